The minimum absolute atomic E-state index is 0.0506. The molecule has 188 valence electrons. The van der Waals surface area contributed by atoms with Crippen LogP contribution < -0.4 is 11.1 Å². The summed E-state index contributed by atoms with van der Waals surface area (Å²) in [5, 5.41) is 23.8. The zero-order chi connectivity index (χ0) is 23.7. The summed E-state index contributed by atoms with van der Waals surface area (Å²) in [7, 11) is 0. The molecule has 5 N–H and O–H groups in total. The lowest BCUT2D eigenvalue weighted by Gasteiger charge is -2.42. The van der Waals surface area contributed by atoms with Gasteiger partial charge >= 0.3 is 0 Å². The van der Waals surface area contributed by atoms with Crippen LogP contribution in [0.25, 0.3) is 0 Å². The van der Waals surface area contributed by atoms with Gasteiger partial charge in [0.25, 0.3) is 0 Å². The van der Waals surface area contributed by atoms with E-state index in [9.17, 15) is 15.0 Å². The van der Waals surface area contributed by atoms with Crippen LogP contribution in [0.4, 0.5) is 0 Å². The minimum atomic E-state index is -1.06. The smallest absolute Gasteiger partial charge is 0.223 e. The van der Waals surface area contributed by atoms with Crippen LogP contribution in [0.3, 0.4) is 0 Å². The first-order chi connectivity index (χ1) is 15.3. The topological polar surface area (TPSA) is 114 Å². The Morgan fingerprint density at radius 3 is 2.41 bits per heavy atom. The molecule has 32 heavy (non-hydrogen) atoms. The number of amides is 1. The summed E-state index contributed by atoms with van der Waals surface area (Å²) in [6.07, 6.45) is 6.63. The van der Waals surface area contributed by atoms with Crippen LogP contribution in [0.5, 0.6) is 0 Å². The number of carbonyl (C=O) groups is 1. The van der Waals surface area contributed by atoms with Crippen molar-refractivity contribution in [2.45, 2.75) is 129 Å². The number of aliphatic hydroxyl groups is 2. The Morgan fingerprint density at radius 2 is 1.75 bits per heavy atom. The molecule has 2 fully saturated rings. The maximum atomic E-state index is 12.6. The van der Waals surface area contributed by atoms with E-state index >= 15 is 0 Å². The molecule has 2 aliphatic rings. The van der Waals surface area contributed by atoms with Gasteiger partial charge in [0.1, 0.15) is 6.10 Å². The molecule has 0 radical (unpaired) electrons. The summed E-state index contributed by atoms with van der Waals surface area (Å²) in [6.45, 7) is 8.96. The van der Waals surface area contributed by atoms with Crippen LogP contribution in [0.1, 0.15) is 91.9 Å². The number of rotatable bonds is 5. The van der Waals surface area contributed by atoms with Crippen LogP contribution in [0.2, 0.25) is 0 Å². The van der Waals surface area contributed by atoms with Crippen molar-refractivity contribution in [3.05, 3.63) is 0 Å². The normalized spacial score (nSPS) is 41.0. The molecule has 9 atom stereocenters. The van der Waals surface area contributed by atoms with Crippen LogP contribution >= 0.6 is 0 Å². The molecule has 0 aromatic carbocycles. The number of aliphatic hydroxyl groups excluding tert-OH is 2. The van der Waals surface area contributed by atoms with E-state index in [1.807, 2.05) is 0 Å². The van der Waals surface area contributed by atoms with Crippen molar-refractivity contribution in [3.63, 3.8) is 0 Å². The van der Waals surface area contributed by atoms with Crippen molar-refractivity contribution in [2.24, 2.45) is 23.5 Å². The lowest BCUT2D eigenvalue weighted by Crippen LogP contribution is -2.61. The fraction of sp³-hybridized carbons (Fsp3) is 0.960. The van der Waals surface area contributed by atoms with Crippen molar-refractivity contribution in [3.8, 4) is 0 Å². The molecule has 0 bridgehead atoms. The molecule has 2 heterocycles. The zero-order valence-electron chi connectivity index (χ0n) is 20.7. The first-order valence-electron chi connectivity index (χ1n) is 13.0. The van der Waals surface area contributed by atoms with Gasteiger partial charge in [0.2, 0.25) is 5.91 Å². The molecule has 1 amide bonds. The van der Waals surface area contributed by atoms with Crippen LogP contribution in [0.15, 0.2) is 0 Å². The average Bonchev–Trinajstić information content (AvgIpc) is 2.79. The molecule has 2 saturated heterocycles. The number of hydrogen-bond acceptors (Lipinski definition) is 6. The highest BCUT2D eigenvalue weighted by Crippen LogP contribution is 2.31. The van der Waals surface area contributed by atoms with Crippen LogP contribution in [-0.2, 0) is 14.3 Å². The van der Waals surface area contributed by atoms with Gasteiger partial charge in [-0.05, 0) is 57.3 Å². The highest BCUT2D eigenvalue weighted by molar-refractivity contribution is 5.78. The molecular formula is C25H48N2O5. The first-order valence-corrected chi connectivity index (χ1v) is 13.0. The molecule has 7 heteroatoms. The van der Waals surface area contributed by atoms with Crippen molar-refractivity contribution in [2.75, 3.05) is 6.54 Å². The molecule has 0 aromatic rings. The monoisotopic (exact) mass is 456 g/mol. The van der Waals surface area contributed by atoms with Crippen molar-refractivity contribution < 1.29 is 24.5 Å². The average molecular weight is 457 g/mol. The van der Waals surface area contributed by atoms with Gasteiger partial charge < -0.3 is 30.7 Å². The first kappa shape index (κ1) is 27.5. The van der Waals surface area contributed by atoms with Crippen LogP contribution in [-0.4, -0.2) is 59.4 Å². The van der Waals surface area contributed by atoms with Crippen molar-refractivity contribution >= 4 is 5.91 Å². The number of ether oxygens (including phenoxy) is 2. The van der Waals surface area contributed by atoms with E-state index in [-0.39, 0.29) is 17.9 Å². The van der Waals surface area contributed by atoms with E-state index in [0.717, 1.165) is 64.2 Å². The standard InChI is InChI=1S/C25H48N2O5/c1-5-17-10-8-11-19(7-3)24(30)27-15-9-12-18(6-2)20(14-13-17)32-25-23(29)21(26)22(28)16(4)31-25/h16-23,25,28-29H,5-15,26H2,1-4H3,(H,27,30)/t16-,17-,18+,19+,20+,21+,22-,23+,25-/m0/s1. The van der Waals surface area contributed by atoms with E-state index in [0.29, 0.717) is 18.4 Å². The number of nitrogens with two attached hydrogens (primary N) is 1. The summed E-state index contributed by atoms with van der Waals surface area (Å²) in [4.78, 5) is 12.6. The molecule has 0 unspecified atom stereocenters. The summed E-state index contributed by atoms with van der Waals surface area (Å²) < 4.78 is 12.2. The highest BCUT2D eigenvalue weighted by atomic mass is 16.7. The largest absolute Gasteiger partial charge is 0.389 e. The predicted molar refractivity (Wildman–Crippen MR) is 126 cm³/mol. The van der Waals surface area contributed by atoms with Crippen molar-refractivity contribution in [1.82, 2.24) is 5.32 Å². The molecule has 0 saturated carbocycles. The lowest BCUT2D eigenvalue weighted by atomic mass is 9.85. The Bertz CT molecular complexity index is 548. The molecule has 0 aliphatic carbocycles. The van der Waals surface area contributed by atoms with Crippen molar-refractivity contribution in [1.29, 1.82) is 0 Å². The SMILES string of the molecule is CC[C@H]1CCC[C@@H](CC)C(=O)NCCC[C@@H](CC)[C@H](O[C@@H]2O[C@@H](C)[C@H](O)[C@@H](N)[C@H]2O)CC1. The maximum absolute atomic E-state index is 12.6. The summed E-state index contributed by atoms with van der Waals surface area (Å²) in [5.74, 6) is 1.23. The third kappa shape index (κ3) is 7.66. The Morgan fingerprint density at radius 1 is 1.00 bits per heavy atom. The fourth-order valence-electron chi connectivity index (χ4n) is 5.27. The Kier molecular flexibility index (Phi) is 11.9. The van der Waals surface area contributed by atoms with E-state index in [4.69, 9.17) is 15.2 Å². The summed E-state index contributed by atoms with van der Waals surface area (Å²) in [5.41, 5.74) is 6.03. The summed E-state index contributed by atoms with van der Waals surface area (Å²) >= 11 is 0. The second-order valence-electron chi connectivity index (χ2n) is 9.93. The third-order valence-electron chi connectivity index (χ3n) is 7.77. The zero-order valence-corrected chi connectivity index (χ0v) is 20.7. The minimum Gasteiger partial charge on any atom is -0.389 e. The van der Waals surface area contributed by atoms with Gasteiger partial charge in [-0.3, -0.25) is 4.79 Å². The Hall–Kier alpha value is -0.730. The number of nitrogens with one attached hydrogen (secondary N) is 1. The molecular weight excluding hydrogens is 408 g/mol. The molecule has 7 nitrogen and oxygen atoms in total. The fourth-order valence-corrected chi connectivity index (χ4v) is 5.27. The van der Waals surface area contributed by atoms with Gasteiger partial charge in [-0.25, -0.2) is 0 Å². The predicted octanol–water partition coefficient (Wildman–Crippen LogP) is 3.10. The van der Waals surface area contributed by atoms with Gasteiger partial charge in [-0.1, -0.05) is 46.5 Å². The van der Waals surface area contributed by atoms with Crippen LogP contribution in [0, 0.1) is 17.8 Å². The van der Waals surface area contributed by atoms with Gasteiger partial charge in [-0.2, -0.15) is 0 Å². The number of carbonyl (C=O) groups excluding carboxylic acids is 1. The second kappa shape index (κ2) is 13.9. The van der Waals surface area contributed by atoms with Gasteiger partial charge in [0.15, 0.2) is 6.29 Å². The third-order valence-corrected chi connectivity index (χ3v) is 7.77. The van der Waals surface area contributed by atoms with E-state index in [2.05, 4.69) is 26.1 Å². The van der Waals surface area contributed by atoms with E-state index in [1.165, 1.54) is 0 Å². The van der Waals surface area contributed by atoms with Gasteiger partial charge in [0.05, 0.1) is 24.4 Å². The maximum Gasteiger partial charge on any atom is 0.223 e. The quantitative estimate of drug-likeness (QED) is 0.505. The molecule has 0 spiro atoms. The van der Waals surface area contributed by atoms with Gasteiger partial charge in [0, 0.05) is 12.5 Å². The lowest BCUT2D eigenvalue weighted by molar-refractivity contribution is -0.286. The van der Waals surface area contributed by atoms with Gasteiger partial charge in [-0.15, -0.1) is 0 Å². The van der Waals surface area contributed by atoms with E-state index < -0.39 is 30.6 Å². The Balaban J connectivity index is 2.11. The van der Waals surface area contributed by atoms with E-state index in [1.54, 1.807) is 6.92 Å². The molecule has 0 aromatic heterocycles. The molecule has 2 aliphatic heterocycles. The highest BCUT2D eigenvalue weighted by Gasteiger charge is 2.42. The second-order valence-corrected chi connectivity index (χ2v) is 9.93. The summed E-state index contributed by atoms with van der Waals surface area (Å²) in [6, 6.07) is -0.785. The number of hydrogen-bond donors (Lipinski definition) is 4. The molecule has 2 rings (SSSR count). The Labute approximate surface area is 194 Å².